The summed E-state index contributed by atoms with van der Waals surface area (Å²) in [6, 6.07) is 9.04. The van der Waals surface area contributed by atoms with Gasteiger partial charge in [0, 0.05) is 13.1 Å². The first kappa shape index (κ1) is 15.7. The average molecular weight is 262 g/mol. The zero-order chi connectivity index (χ0) is 14.3. The molecule has 0 bridgehead atoms. The van der Waals surface area contributed by atoms with E-state index in [4.69, 9.17) is 5.73 Å². The van der Waals surface area contributed by atoms with Crippen molar-refractivity contribution in [2.45, 2.75) is 39.7 Å². The van der Waals surface area contributed by atoms with Crippen LogP contribution in [0.2, 0.25) is 0 Å². The van der Waals surface area contributed by atoms with Crippen molar-refractivity contribution in [3.63, 3.8) is 0 Å². The normalized spacial score (nSPS) is 12.5. The highest BCUT2D eigenvalue weighted by molar-refractivity contribution is 5.83. The number of nitrogens with zero attached hydrogens (tertiary/aromatic N) is 1. The topological polar surface area (TPSA) is 46.3 Å². The van der Waals surface area contributed by atoms with Crippen molar-refractivity contribution in [2.24, 2.45) is 11.7 Å². The first-order valence-corrected chi connectivity index (χ1v) is 7.23. The van der Waals surface area contributed by atoms with Crippen LogP contribution in [0.5, 0.6) is 0 Å². The summed E-state index contributed by atoms with van der Waals surface area (Å²) in [5.74, 6) is 0.590. The van der Waals surface area contributed by atoms with Gasteiger partial charge in [-0.2, -0.15) is 0 Å². The van der Waals surface area contributed by atoms with E-state index in [0.29, 0.717) is 5.92 Å². The molecule has 3 heteroatoms. The SMILES string of the molecule is CCC(CC)CN(CC)C(=O)C(N)c1ccccc1. The summed E-state index contributed by atoms with van der Waals surface area (Å²) in [4.78, 5) is 14.3. The van der Waals surface area contributed by atoms with Crippen LogP contribution in [0.15, 0.2) is 30.3 Å². The van der Waals surface area contributed by atoms with Gasteiger partial charge in [0.15, 0.2) is 0 Å². The minimum atomic E-state index is -0.546. The van der Waals surface area contributed by atoms with Gasteiger partial charge in [-0.1, -0.05) is 57.0 Å². The summed E-state index contributed by atoms with van der Waals surface area (Å²) in [5, 5.41) is 0. The summed E-state index contributed by atoms with van der Waals surface area (Å²) in [6.07, 6.45) is 2.20. The van der Waals surface area contributed by atoms with Gasteiger partial charge in [0.25, 0.3) is 0 Å². The third-order valence-electron chi connectivity index (χ3n) is 3.75. The molecule has 0 fully saturated rings. The monoisotopic (exact) mass is 262 g/mol. The maximum absolute atomic E-state index is 12.4. The fourth-order valence-electron chi connectivity index (χ4n) is 2.23. The number of carbonyl (C=O) groups is 1. The Morgan fingerprint density at radius 3 is 2.21 bits per heavy atom. The van der Waals surface area contributed by atoms with Crippen LogP contribution in [-0.4, -0.2) is 23.9 Å². The van der Waals surface area contributed by atoms with Crippen LogP contribution in [-0.2, 0) is 4.79 Å². The van der Waals surface area contributed by atoms with Crippen LogP contribution in [0.1, 0.15) is 45.2 Å². The summed E-state index contributed by atoms with van der Waals surface area (Å²) in [5.41, 5.74) is 6.97. The van der Waals surface area contributed by atoms with E-state index in [9.17, 15) is 4.79 Å². The lowest BCUT2D eigenvalue weighted by Crippen LogP contribution is -2.41. The molecule has 0 saturated carbocycles. The van der Waals surface area contributed by atoms with E-state index < -0.39 is 6.04 Å². The number of carbonyl (C=O) groups excluding carboxylic acids is 1. The Kier molecular flexibility index (Phi) is 6.57. The van der Waals surface area contributed by atoms with Crippen LogP contribution in [0.4, 0.5) is 0 Å². The van der Waals surface area contributed by atoms with E-state index in [1.54, 1.807) is 0 Å². The molecule has 0 radical (unpaired) electrons. The van der Waals surface area contributed by atoms with E-state index in [0.717, 1.165) is 31.5 Å². The highest BCUT2D eigenvalue weighted by Crippen LogP contribution is 2.16. The second-order valence-corrected chi connectivity index (χ2v) is 4.95. The van der Waals surface area contributed by atoms with E-state index >= 15 is 0 Å². The smallest absolute Gasteiger partial charge is 0.244 e. The Bertz CT molecular complexity index is 374. The summed E-state index contributed by atoms with van der Waals surface area (Å²) in [7, 11) is 0. The zero-order valence-corrected chi connectivity index (χ0v) is 12.3. The molecule has 0 aliphatic rings. The maximum Gasteiger partial charge on any atom is 0.244 e. The van der Waals surface area contributed by atoms with E-state index in [1.165, 1.54) is 0 Å². The molecule has 1 atom stereocenters. The van der Waals surface area contributed by atoms with Gasteiger partial charge in [-0.05, 0) is 18.4 Å². The Hall–Kier alpha value is -1.35. The number of amides is 1. The quantitative estimate of drug-likeness (QED) is 0.821. The second-order valence-electron chi connectivity index (χ2n) is 4.95. The van der Waals surface area contributed by atoms with E-state index in [1.807, 2.05) is 42.2 Å². The molecule has 2 N–H and O–H groups in total. The average Bonchev–Trinajstić information content (AvgIpc) is 2.48. The summed E-state index contributed by atoms with van der Waals surface area (Å²) in [6.45, 7) is 7.88. The fraction of sp³-hybridized carbons (Fsp3) is 0.562. The zero-order valence-electron chi connectivity index (χ0n) is 12.3. The minimum absolute atomic E-state index is 0.0283. The van der Waals surface area contributed by atoms with Gasteiger partial charge in [-0.3, -0.25) is 4.79 Å². The molecule has 0 aromatic heterocycles. The van der Waals surface area contributed by atoms with Crippen molar-refractivity contribution in [1.82, 2.24) is 4.90 Å². The van der Waals surface area contributed by atoms with E-state index in [-0.39, 0.29) is 5.91 Å². The van der Waals surface area contributed by atoms with Gasteiger partial charge < -0.3 is 10.6 Å². The van der Waals surface area contributed by atoms with Crippen molar-refractivity contribution in [3.05, 3.63) is 35.9 Å². The Balaban J connectivity index is 2.73. The van der Waals surface area contributed by atoms with Crippen molar-refractivity contribution < 1.29 is 4.79 Å². The van der Waals surface area contributed by atoms with Crippen molar-refractivity contribution in [2.75, 3.05) is 13.1 Å². The lowest BCUT2D eigenvalue weighted by molar-refractivity contribution is -0.133. The van der Waals surface area contributed by atoms with Gasteiger partial charge in [-0.25, -0.2) is 0 Å². The number of hydrogen-bond donors (Lipinski definition) is 1. The molecule has 0 saturated heterocycles. The number of likely N-dealkylation sites (N-methyl/N-ethyl adjacent to an activating group) is 1. The molecule has 0 aliphatic heterocycles. The number of rotatable bonds is 7. The minimum Gasteiger partial charge on any atom is -0.341 e. The standard InChI is InChI=1S/C16H26N2O/c1-4-13(5-2)12-18(6-3)16(19)15(17)14-10-8-7-9-11-14/h7-11,13,15H,4-6,12,17H2,1-3H3. The predicted octanol–water partition coefficient (Wildman–Crippen LogP) is 2.97. The van der Waals surface area contributed by atoms with Crippen molar-refractivity contribution >= 4 is 5.91 Å². The molecule has 3 nitrogen and oxygen atoms in total. The van der Waals surface area contributed by atoms with Crippen molar-refractivity contribution in [1.29, 1.82) is 0 Å². The Morgan fingerprint density at radius 2 is 1.74 bits per heavy atom. The number of hydrogen-bond acceptors (Lipinski definition) is 2. The molecule has 1 rings (SSSR count). The second kappa shape index (κ2) is 7.95. The predicted molar refractivity (Wildman–Crippen MR) is 79.7 cm³/mol. The number of nitrogens with two attached hydrogens (primary N) is 1. The van der Waals surface area contributed by atoms with Crippen LogP contribution in [0.3, 0.4) is 0 Å². The molecule has 1 aromatic carbocycles. The van der Waals surface area contributed by atoms with Gasteiger partial charge >= 0.3 is 0 Å². The highest BCUT2D eigenvalue weighted by Gasteiger charge is 2.22. The first-order valence-electron chi connectivity index (χ1n) is 7.23. The van der Waals surface area contributed by atoms with Gasteiger partial charge in [0.2, 0.25) is 5.91 Å². The van der Waals surface area contributed by atoms with Gasteiger partial charge in [0.1, 0.15) is 6.04 Å². The molecule has 19 heavy (non-hydrogen) atoms. The molecule has 1 unspecified atom stereocenters. The van der Waals surface area contributed by atoms with Crippen molar-refractivity contribution in [3.8, 4) is 0 Å². The first-order chi connectivity index (χ1) is 9.13. The number of benzene rings is 1. The third kappa shape index (κ3) is 4.35. The maximum atomic E-state index is 12.4. The molecular formula is C16H26N2O. The van der Waals surface area contributed by atoms with Crippen LogP contribution < -0.4 is 5.73 Å². The fourth-order valence-corrected chi connectivity index (χ4v) is 2.23. The third-order valence-corrected chi connectivity index (χ3v) is 3.75. The van der Waals surface area contributed by atoms with Crippen LogP contribution in [0.25, 0.3) is 0 Å². The molecule has 1 amide bonds. The molecule has 106 valence electrons. The molecule has 0 aliphatic carbocycles. The lowest BCUT2D eigenvalue weighted by atomic mass is 10.0. The van der Waals surface area contributed by atoms with Crippen LogP contribution in [0, 0.1) is 5.92 Å². The molecule has 0 heterocycles. The molecular weight excluding hydrogens is 236 g/mol. The van der Waals surface area contributed by atoms with Gasteiger partial charge in [0.05, 0.1) is 0 Å². The van der Waals surface area contributed by atoms with E-state index in [2.05, 4.69) is 13.8 Å². The lowest BCUT2D eigenvalue weighted by Gasteiger charge is -2.28. The van der Waals surface area contributed by atoms with Gasteiger partial charge in [-0.15, -0.1) is 0 Å². The van der Waals surface area contributed by atoms with Crippen LogP contribution >= 0.6 is 0 Å². The molecule has 1 aromatic rings. The highest BCUT2D eigenvalue weighted by atomic mass is 16.2. The Labute approximate surface area is 116 Å². The summed E-state index contributed by atoms with van der Waals surface area (Å²) >= 11 is 0. The largest absolute Gasteiger partial charge is 0.341 e. The Morgan fingerprint density at radius 1 is 1.16 bits per heavy atom. The summed E-state index contributed by atoms with van der Waals surface area (Å²) < 4.78 is 0. The molecule has 0 spiro atoms.